The zero-order valence-electron chi connectivity index (χ0n) is 21.6. The summed E-state index contributed by atoms with van der Waals surface area (Å²) in [7, 11) is 0. The summed E-state index contributed by atoms with van der Waals surface area (Å²) in [5.74, 6) is 1.74. The van der Waals surface area contributed by atoms with Crippen LogP contribution in [0.15, 0.2) is 42.7 Å². The fourth-order valence-corrected chi connectivity index (χ4v) is 7.88. The van der Waals surface area contributed by atoms with Gasteiger partial charge in [0.25, 0.3) is 5.91 Å². The third-order valence-electron chi connectivity index (χ3n) is 8.48. The number of carbonyl (C=O) groups excluding carboxylic acids is 1. The lowest BCUT2D eigenvalue weighted by Gasteiger charge is -2.42. The minimum Gasteiger partial charge on any atom is -0.354 e. The van der Waals surface area contributed by atoms with Crippen LogP contribution in [-0.2, 0) is 6.42 Å². The number of carbonyl (C=O) groups is 1. The average molecular weight is 576 g/mol. The predicted molar refractivity (Wildman–Crippen MR) is 151 cm³/mol. The average Bonchev–Trinajstić information content (AvgIpc) is 3.47. The zero-order chi connectivity index (χ0) is 27.2. The number of amides is 1. The van der Waals surface area contributed by atoms with Crippen molar-refractivity contribution in [3.63, 3.8) is 0 Å². The van der Waals surface area contributed by atoms with Gasteiger partial charge in [0.1, 0.15) is 17.0 Å². The summed E-state index contributed by atoms with van der Waals surface area (Å²) < 4.78 is 38.8. The number of hydrogen-bond donors (Lipinski definition) is 1. The first-order valence-corrected chi connectivity index (χ1v) is 14.8. The molecule has 3 aromatic rings. The second-order valence-electron chi connectivity index (χ2n) is 11.2. The number of hydrogen-bond acceptors (Lipinski definition) is 7. The highest BCUT2D eigenvalue weighted by Crippen LogP contribution is 2.44. The first-order chi connectivity index (χ1) is 18.7. The summed E-state index contributed by atoms with van der Waals surface area (Å²) in [6.07, 6.45) is -0.755. The van der Waals surface area contributed by atoms with Crippen LogP contribution < -0.4 is 4.90 Å². The van der Waals surface area contributed by atoms with Crippen LogP contribution in [0, 0.1) is 11.8 Å². The lowest BCUT2D eigenvalue weighted by molar-refractivity contribution is -0.126. The van der Waals surface area contributed by atoms with Gasteiger partial charge in [0, 0.05) is 60.4 Å². The molecule has 0 radical (unpaired) electrons. The number of nitrogens with zero attached hydrogens (tertiary/aromatic N) is 5. The van der Waals surface area contributed by atoms with E-state index in [4.69, 9.17) is 12.6 Å². The third-order valence-corrected chi connectivity index (χ3v) is 10.3. The number of benzene rings is 1. The molecule has 6 rings (SSSR count). The monoisotopic (exact) mass is 575 g/mol. The number of fused-ring (bicyclic) bond motifs is 2. The van der Waals surface area contributed by atoms with Crippen LogP contribution in [0.2, 0.25) is 0 Å². The minimum absolute atomic E-state index is 0.118. The first-order valence-electron chi connectivity index (χ1n) is 13.5. The molecule has 3 aliphatic rings. The summed E-state index contributed by atoms with van der Waals surface area (Å²) >= 11 is 6.24. The molecule has 2 aromatic heterocycles. The quantitative estimate of drug-likeness (QED) is 0.426. The van der Waals surface area contributed by atoms with Crippen molar-refractivity contribution in [2.45, 2.75) is 36.6 Å². The molecule has 2 atom stereocenters. The highest BCUT2D eigenvalue weighted by Gasteiger charge is 2.48. The van der Waals surface area contributed by atoms with Gasteiger partial charge in [-0.3, -0.25) is 4.79 Å². The van der Waals surface area contributed by atoms with E-state index >= 15 is 0 Å². The molecule has 6 nitrogen and oxygen atoms in total. The molecule has 39 heavy (non-hydrogen) atoms. The Morgan fingerprint density at radius 1 is 1.10 bits per heavy atom. The second kappa shape index (κ2) is 10.6. The van der Waals surface area contributed by atoms with Crippen molar-refractivity contribution in [3.05, 3.63) is 53.2 Å². The van der Waals surface area contributed by atoms with E-state index in [9.17, 15) is 18.0 Å². The van der Waals surface area contributed by atoms with Gasteiger partial charge in [-0.05, 0) is 49.9 Å². The van der Waals surface area contributed by atoms with Crippen molar-refractivity contribution in [3.8, 4) is 0 Å². The Balaban J connectivity index is 1.07. The van der Waals surface area contributed by atoms with Gasteiger partial charge in [-0.2, -0.15) is 25.8 Å². The molecule has 208 valence electrons. The van der Waals surface area contributed by atoms with Crippen molar-refractivity contribution in [2.24, 2.45) is 11.8 Å². The molecular weight excluding hydrogens is 543 g/mol. The van der Waals surface area contributed by atoms with E-state index in [1.807, 2.05) is 35.2 Å². The number of likely N-dealkylation sites (tertiary alicyclic amines) is 2. The Kier molecular flexibility index (Phi) is 7.26. The first kappa shape index (κ1) is 26.8. The summed E-state index contributed by atoms with van der Waals surface area (Å²) in [6.45, 7) is 6.04. The number of thiol groups is 1. The van der Waals surface area contributed by atoms with Gasteiger partial charge in [0.15, 0.2) is 0 Å². The molecule has 0 spiro atoms. The van der Waals surface area contributed by atoms with Crippen LogP contribution in [0.1, 0.15) is 34.5 Å². The highest BCUT2D eigenvalue weighted by molar-refractivity contribution is 7.81. The zero-order valence-corrected chi connectivity index (χ0v) is 23.3. The van der Waals surface area contributed by atoms with E-state index in [-0.39, 0.29) is 15.5 Å². The molecule has 0 aliphatic carbocycles. The highest BCUT2D eigenvalue weighted by atomic mass is 32.1. The Morgan fingerprint density at radius 3 is 2.62 bits per heavy atom. The topological polar surface area (TPSA) is 52.6 Å². The van der Waals surface area contributed by atoms with Crippen LogP contribution in [0.25, 0.3) is 10.2 Å². The maximum absolute atomic E-state index is 13.0. The van der Waals surface area contributed by atoms with Crippen LogP contribution in [0.5, 0.6) is 0 Å². The lowest BCUT2D eigenvalue weighted by Crippen LogP contribution is -2.50. The molecule has 0 saturated carbocycles. The molecule has 3 saturated heterocycles. The lowest BCUT2D eigenvalue weighted by atomic mass is 9.86. The number of halogens is 3. The van der Waals surface area contributed by atoms with Gasteiger partial charge >= 0.3 is 6.18 Å². The molecule has 3 fully saturated rings. The maximum Gasteiger partial charge on any atom is 0.393 e. The third kappa shape index (κ3) is 5.76. The van der Waals surface area contributed by atoms with Crippen molar-refractivity contribution < 1.29 is 18.0 Å². The molecular formula is C28H32F3N5OS2. The van der Waals surface area contributed by atoms with Crippen molar-refractivity contribution >= 4 is 45.9 Å². The van der Waals surface area contributed by atoms with E-state index in [0.29, 0.717) is 22.1 Å². The number of anilines is 1. The van der Waals surface area contributed by atoms with Gasteiger partial charge in [0.05, 0.1) is 11.8 Å². The van der Waals surface area contributed by atoms with E-state index in [0.717, 1.165) is 87.8 Å². The number of piperidine rings is 2. The van der Waals surface area contributed by atoms with E-state index in [2.05, 4.69) is 19.8 Å². The number of rotatable bonds is 5. The molecule has 1 aromatic carbocycles. The van der Waals surface area contributed by atoms with Crippen LogP contribution >= 0.6 is 24.0 Å². The number of thiophene rings is 1. The smallest absolute Gasteiger partial charge is 0.354 e. The van der Waals surface area contributed by atoms with Crippen LogP contribution in [-0.4, -0.2) is 82.4 Å². The van der Waals surface area contributed by atoms with Gasteiger partial charge in [-0.15, -0.1) is 11.3 Å². The molecule has 0 bridgehead atoms. The Bertz CT molecular complexity index is 1330. The molecule has 1 amide bonds. The van der Waals surface area contributed by atoms with E-state index in [1.54, 1.807) is 6.07 Å². The summed E-state index contributed by atoms with van der Waals surface area (Å²) in [6, 6.07) is 11.1. The van der Waals surface area contributed by atoms with Gasteiger partial charge in [-0.1, -0.05) is 18.2 Å². The van der Waals surface area contributed by atoms with Crippen molar-refractivity contribution in [1.82, 2.24) is 19.8 Å². The Hall–Kier alpha value is -2.37. The van der Waals surface area contributed by atoms with Crippen LogP contribution in [0.4, 0.5) is 19.0 Å². The molecule has 5 heterocycles. The Labute approximate surface area is 235 Å². The molecule has 0 N–H and O–H groups in total. The SMILES string of the molecule is O=C(c1ccccc1)N1CCC(CN2CC[C@]3(S)CN(c4ncnc5sc(CC(F)(F)F)cc45)C[C@@H]3C2)CC1. The largest absolute Gasteiger partial charge is 0.393 e. The fraction of sp³-hybridized carbons (Fsp3) is 0.536. The number of alkyl halides is 3. The van der Waals surface area contributed by atoms with E-state index < -0.39 is 12.6 Å². The second-order valence-corrected chi connectivity index (χ2v) is 13.2. The van der Waals surface area contributed by atoms with Gasteiger partial charge in [-0.25, -0.2) is 9.97 Å². The van der Waals surface area contributed by atoms with Crippen LogP contribution in [0.3, 0.4) is 0 Å². The molecule has 3 aliphatic heterocycles. The minimum atomic E-state index is -4.25. The van der Waals surface area contributed by atoms with Gasteiger partial charge < -0.3 is 14.7 Å². The fourth-order valence-electron chi connectivity index (χ4n) is 6.43. The normalized spacial score (nSPS) is 24.9. The summed E-state index contributed by atoms with van der Waals surface area (Å²) in [5.41, 5.74) is 0.753. The Morgan fingerprint density at radius 2 is 1.87 bits per heavy atom. The van der Waals surface area contributed by atoms with E-state index in [1.165, 1.54) is 6.33 Å². The van der Waals surface area contributed by atoms with Crippen molar-refractivity contribution in [1.29, 1.82) is 0 Å². The molecule has 11 heteroatoms. The van der Waals surface area contributed by atoms with Gasteiger partial charge in [0.2, 0.25) is 0 Å². The predicted octanol–water partition coefficient (Wildman–Crippen LogP) is 5.16. The number of aromatic nitrogens is 2. The molecule has 0 unspecified atom stereocenters. The summed E-state index contributed by atoms with van der Waals surface area (Å²) in [4.78, 5) is 29.1. The summed E-state index contributed by atoms with van der Waals surface area (Å²) in [5, 5.41) is 0.700. The maximum atomic E-state index is 13.0. The standard InChI is InChI=1S/C28H32F3N5OS2/c29-28(30,31)13-22-12-23-24(32-18-33-25(23)39-22)36-16-21-15-34(11-8-27(21,38)17-36)14-19-6-9-35(10-7-19)26(37)20-4-2-1-3-5-20/h1-5,12,18-19,21,38H,6-11,13-17H2/t21-,27-/m0/s1. The van der Waals surface area contributed by atoms with Crippen molar-refractivity contribution in [2.75, 3.05) is 50.7 Å².